The second-order valence-electron chi connectivity index (χ2n) is 4.56. The van der Waals surface area contributed by atoms with Crippen LogP contribution in [0, 0.1) is 0 Å². The first-order valence-corrected chi connectivity index (χ1v) is 8.12. The van der Waals surface area contributed by atoms with Gasteiger partial charge in [-0.2, -0.15) is 0 Å². The third kappa shape index (κ3) is 5.27. The van der Waals surface area contributed by atoms with Gasteiger partial charge in [-0.15, -0.1) is 11.8 Å². The van der Waals surface area contributed by atoms with Crippen molar-refractivity contribution in [1.82, 2.24) is 5.32 Å². The van der Waals surface area contributed by atoms with E-state index in [1.54, 1.807) is 0 Å². The normalized spacial score (nSPS) is 12.0. The van der Waals surface area contributed by atoms with Crippen molar-refractivity contribution in [1.29, 1.82) is 0 Å². The fourth-order valence-electron chi connectivity index (χ4n) is 1.71. The van der Waals surface area contributed by atoms with Gasteiger partial charge in [0.15, 0.2) is 0 Å². The molecule has 0 aliphatic carbocycles. The Morgan fingerprint density at radius 3 is 2.14 bits per heavy atom. The summed E-state index contributed by atoms with van der Waals surface area (Å²) in [5.41, 5.74) is 1.02. The molecule has 0 saturated carbocycles. The van der Waals surface area contributed by atoms with Gasteiger partial charge in [0.05, 0.1) is 5.25 Å². The van der Waals surface area contributed by atoms with E-state index in [1.165, 1.54) is 11.8 Å². The number of carbonyl (C=O) groups is 1. The van der Waals surface area contributed by atoms with Crippen LogP contribution in [-0.4, -0.2) is 11.2 Å². The molecule has 1 unspecified atom stereocenters. The van der Waals surface area contributed by atoms with Crippen molar-refractivity contribution >= 4 is 40.9 Å². The molecule has 1 atom stereocenters. The highest BCUT2D eigenvalue weighted by atomic mass is 35.5. The van der Waals surface area contributed by atoms with Crippen LogP contribution in [0.5, 0.6) is 0 Å². The number of halogens is 2. The van der Waals surface area contributed by atoms with Crippen LogP contribution in [0.3, 0.4) is 0 Å². The van der Waals surface area contributed by atoms with Crippen LogP contribution < -0.4 is 5.32 Å². The second kappa shape index (κ2) is 7.74. The number of nitrogens with one attached hydrogen (secondary N) is 1. The maximum absolute atomic E-state index is 12.1. The van der Waals surface area contributed by atoms with Gasteiger partial charge in [-0.05, 0) is 48.9 Å². The number of hydrogen-bond donors (Lipinski definition) is 1. The summed E-state index contributed by atoms with van der Waals surface area (Å²) in [7, 11) is 0. The molecule has 0 spiro atoms. The fraction of sp³-hybridized carbons (Fsp3) is 0.188. The van der Waals surface area contributed by atoms with Crippen molar-refractivity contribution < 1.29 is 4.79 Å². The van der Waals surface area contributed by atoms with Crippen molar-refractivity contribution in [3.8, 4) is 0 Å². The Balaban J connectivity index is 1.84. The summed E-state index contributed by atoms with van der Waals surface area (Å²) < 4.78 is 0. The lowest BCUT2D eigenvalue weighted by molar-refractivity contribution is -0.120. The van der Waals surface area contributed by atoms with E-state index in [-0.39, 0.29) is 11.2 Å². The Kier molecular flexibility index (Phi) is 5.97. The Labute approximate surface area is 138 Å². The van der Waals surface area contributed by atoms with E-state index < -0.39 is 0 Å². The Morgan fingerprint density at radius 2 is 1.57 bits per heavy atom. The molecule has 0 saturated heterocycles. The van der Waals surface area contributed by atoms with Crippen LogP contribution >= 0.6 is 35.0 Å². The molecule has 2 aromatic rings. The SMILES string of the molecule is CC(Sc1ccc(Cl)cc1)C(=O)NCc1ccc(Cl)cc1. The third-order valence-electron chi connectivity index (χ3n) is 2.88. The van der Waals surface area contributed by atoms with E-state index in [1.807, 2.05) is 55.5 Å². The van der Waals surface area contributed by atoms with Gasteiger partial charge in [0, 0.05) is 21.5 Å². The molecule has 1 N–H and O–H groups in total. The van der Waals surface area contributed by atoms with E-state index in [9.17, 15) is 4.79 Å². The van der Waals surface area contributed by atoms with Gasteiger partial charge < -0.3 is 5.32 Å². The van der Waals surface area contributed by atoms with Crippen molar-refractivity contribution in [2.45, 2.75) is 23.6 Å². The van der Waals surface area contributed by atoms with E-state index in [4.69, 9.17) is 23.2 Å². The average molecular weight is 340 g/mol. The highest BCUT2D eigenvalue weighted by Crippen LogP contribution is 2.24. The maximum atomic E-state index is 12.1. The largest absolute Gasteiger partial charge is 0.351 e. The predicted octanol–water partition coefficient (Wildman–Crippen LogP) is 4.79. The number of benzene rings is 2. The lowest BCUT2D eigenvalue weighted by Crippen LogP contribution is -2.30. The van der Waals surface area contributed by atoms with Gasteiger partial charge in [-0.1, -0.05) is 35.3 Å². The van der Waals surface area contributed by atoms with Crippen LogP contribution in [-0.2, 0) is 11.3 Å². The molecule has 1 amide bonds. The molecule has 0 fully saturated rings. The molecular formula is C16H15Cl2NOS. The van der Waals surface area contributed by atoms with Crippen molar-refractivity contribution in [3.63, 3.8) is 0 Å². The monoisotopic (exact) mass is 339 g/mol. The molecule has 0 heterocycles. The lowest BCUT2D eigenvalue weighted by atomic mass is 10.2. The zero-order valence-corrected chi connectivity index (χ0v) is 13.8. The minimum atomic E-state index is -0.168. The molecular weight excluding hydrogens is 325 g/mol. The molecule has 0 aliphatic heterocycles. The van der Waals surface area contributed by atoms with Crippen molar-refractivity contribution in [2.24, 2.45) is 0 Å². The first kappa shape index (κ1) is 16.2. The fourth-order valence-corrected chi connectivity index (χ4v) is 2.85. The number of rotatable bonds is 5. The average Bonchev–Trinajstić information content (AvgIpc) is 2.48. The summed E-state index contributed by atoms with van der Waals surface area (Å²) in [6, 6.07) is 14.9. The van der Waals surface area contributed by atoms with E-state index in [2.05, 4.69) is 5.32 Å². The van der Waals surface area contributed by atoms with Crippen molar-refractivity contribution in [2.75, 3.05) is 0 Å². The minimum Gasteiger partial charge on any atom is -0.351 e. The molecule has 110 valence electrons. The quantitative estimate of drug-likeness (QED) is 0.793. The van der Waals surface area contributed by atoms with Gasteiger partial charge >= 0.3 is 0 Å². The molecule has 0 radical (unpaired) electrons. The van der Waals surface area contributed by atoms with E-state index in [0.717, 1.165) is 10.5 Å². The predicted molar refractivity (Wildman–Crippen MR) is 90.1 cm³/mol. The number of thioether (sulfide) groups is 1. The summed E-state index contributed by atoms with van der Waals surface area (Å²) in [5.74, 6) is 0.00454. The minimum absolute atomic E-state index is 0.00454. The number of carbonyl (C=O) groups excluding carboxylic acids is 1. The number of hydrogen-bond acceptors (Lipinski definition) is 2. The lowest BCUT2D eigenvalue weighted by Gasteiger charge is -2.12. The van der Waals surface area contributed by atoms with Gasteiger partial charge in [0.25, 0.3) is 0 Å². The third-order valence-corrected chi connectivity index (χ3v) is 4.49. The molecule has 2 nitrogen and oxygen atoms in total. The van der Waals surface area contributed by atoms with Crippen LogP contribution in [0.1, 0.15) is 12.5 Å². The smallest absolute Gasteiger partial charge is 0.233 e. The van der Waals surface area contributed by atoms with E-state index >= 15 is 0 Å². The highest BCUT2D eigenvalue weighted by molar-refractivity contribution is 8.00. The first-order chi connectivity index (χ1) is 10.0. The van der Waals surface area contributed by atoms with Gasteiger partial charge in [0.2, 0.25) is 5.91 Å². The molecule has 2 rings (SSSR count). The highest BCUT2D eigenvalue weighted by Gasteiger charge is 2.13. The van der Waals surface area contributed by atoms with E-state index in [0.29, 0.717) is 16.6 Å². The summed E-state index contributed by atoms with van der Waals surface area (Å²) in [6.45, 7) is 2.39. The zero-order chi connectivity index (χ0) is 15.2. The summed E-state index contributed by atoms with van der Waals surface area (Å²) in [4.78, 5) is 13.1. The summed E-state index contributed by atoms with van der Waals surface area (Å²) in [6.07, 6.45) is 0. The Morgan fingerprint density at radius 1 is 1.05 bits per heavy atom. The van der Waals surface area contributed by atoms with Crippen LogP contribution in [0.25, 0.3) is 0 Å². The second-order valence-corrected chi connectivity index (χ2v) is 6.85. The summed E-state index contributed by atoms with van der Waals surface area (Å²) >= 11 is 13.2. The standard InChI is InChI=1S/C16H15Cl2NOS/c1-11(21-15-8-6-14(18)7-9-15)16(20)19-10-12-2-4-13(17)5-3-12/h2-9,11H,10H2,1H3,(H,19,20). The molecule has 2 aromatic carbocycles. The topological polar surface area (TPSA) is 29.1 Å². The van der Waals surface area contributed by atoms with Crippen LogP contribution in [0.2, 0.25) is 10.0 Å². The molecule has 21 heavy (non-hydrogen) atoms. The van der Waals surface area contributed by atoms with Gasteiger partial charge in [0.1, 0.15) is 0 Å². The molecule has 5 heteroatoms. The van der Waals surface area contributed by atoms with Gasteiger partial charge in [-0.25, -0.2) is 0 Å². The van der Waals surface area contributed by atoms with Crippen LogP contribution in [0.4, 0.5) is 0 Å². The first-order valence-electron chi connectivity index (χ1n) is 6.49. The van der Waals surface area contributed by atoms with Crippen LogP contribution in [0.15, 0.2) is 53.4 Å². The van der Waals surface area contributed by atoms with Gasteiger partial charge in [-0.3, -0.25) is 4.79 Å². The molecule has 0 aromatic heterocycles. The summed E-state index contributed by atoms with van der Waals surface area (Å²) in [5, 5.41) is 4.14. The van der Waals surface area contributed by atoms with Crippen molar-refractivity contribution in [3.05, 3.63) is 64.1 Å². The number of amides is 1. The Bertz CT molecular complexity index is 599. The molecule has 0 aliphatic rings. The maximum Gasteiger partial charge on any atom is 0.233 e. The molecule has 0 bridgehead atoms. The Hall–Kier alpha value is -1.16. The zero-order valence-electron chi connectivity index (χ0n) is 11.5.